The van der Waals surface area contributed by atoms with Crippen LogP contribution < -0.4 is 0 Å². The van der Waals surface area contributed by atoms with E-state index in [0.717, 1.165) is 17.8 Å². The highest BCUT2D eigenvalue weighted by atomic mass is 14.3. The van der Waals surface area contributed by atoms with E-state index in [9.17, 15) is 0 Å². The lowest BCUT2D eigenvalue weighted by Gasteiger charge is -2.37. The lowest BCUT2D eigenvalue weighted by atomic mass is 9.69. The first-order valence-corrected chi connectivity index (χ1v) is 9.79. The van der Waals surface area contributed by atoms with E-state index in [1.807, 2.05) is 0 Å². The van der Waals surface area contributed by atoms with Gasteiger partial charge in [-0.05, 0) is 56.3 Å². The maximum Gasteiger partial charge on any atom is 0.0200 e. The van der Waals surface area contributed by atoms with Crippen molar-refractivity contribution in [2.45, 2.75) is 96.8 Å². The Kier molecular flexibility index (Phi) is 7.70. The maximum absolute atomic E-state index is 5.57. The van der Waals surface area contributed by atoms with Gasteiger partial charge in [0.2, 0.25) is 0 Å². The summed E-state index contributed by atoms with van der Waals surface area (Å²) < 4.78 is 0. The van der Waals surface area contributed by atoms with Crippen LogP contribution in [0.4, 0.5) is 0 Å². The Balaban J connectivity index is 1.57. The quantitative estimate of drug-likeness (QED) is 0.366. The minimum atomic E-state index is 0.598. The third-order valence-electron chi connectivity index (χ3n) is 6.28. The van der Waals surface area contributed by atoms with E-state index in [-0.39, 0.29) is 0 Å². The molecule has 0 unspecified atom stereocenters. The van der Waals surface area contributed by atoms with E-state index in [2.05, 4.69) is 12.8 Å². The fraction of sp³-hybridized carbons (Fsp3) is 0.905. The van der Waals surface area contributed by atoms with Crippen LogP contribution in [-0.2, 0) is 0 Å². The zero-order valence-corrected chi connectivity index (χ0v) is 14.3. The van der Waals surface area contributed by atoms with Gasteiger partial charge in [-0.25, -0.2) is 0 Å². The number of terminal acetylenes is 1. The van der Waals surface area contributed by atoms with Gasteiger partial charge in [0.05, 0.1) is 0 Å². The van der Waals surface area contributed by atoms with Crippen molar-refractivity contribution in [2.24, 2.45) is 23.7 Å². The largest absolute Gasteiger partial charge is 0.120 e. The van der Waals surface area contributed by atoms with Gasteiger partial charge in [-0.2, -0.15) is 0 Å². The molecule has 0 aromatic rings. The normalized spacial score (nSPS) is 33.5. The molecule has 0 radical (unpaired) electrons. The molecule has 0 heteroatoms. The molecule has 0 nitrogen and oxygen atoms in total. The third-order valence-corrected chi connectivity index (χ3v) is 6.28. The Morgan fingerprint density at radius 2 is 1.33 bits per heavy atom. The second kappa shape index (κ2) is 9.55. The summed E-state index contributed by atoms with van der Waals surface area (Å²) in [6, 6.07) is 0. The van der Waals surface area contributed by atoms with Crippen LogP contribution in [0.2, 0.25) is 0 Å². The van der Waals surface area contributed by atoms with E-state index >= 15 is 0 Å². The summed E-state index contributed by atoms with van der Waals surface area (Å²) in [7, 11) is 0. The highest BCUT2D eigenvalue weighted by molar-refractivity contribution is 4.96. The molecule has 0 aromatic heterocycles. The fourth-order valence-electron chi connectivity index (χ4n) is 4.74. The zero-order chi connectivity index (χ0) is 14.9. The molecule has 0 heterocycles. The summed E-state index contributed by atoms with van der Waals surface area (Å²) in [5.74, 6) is 6.69. The van der Waals surface area contributed by atoms with E-state index in [4.69, 9.17) is 6.42 Å². The molecule has 0 bridgehead atoms. The number of unbranched alkanes of at least 4 members (excludes halogenated alkanes) is 4. The van der Waals surface area contributed by atoms with Gasteiger partial charge < -0.3 is 0 Å². The van der Waals surface area contributed by atoms with Crippen LogP contribution in [0.15, 0.2) is 0 Å². The van der Waals surface area contributed by atoms with Gasteiger partial charge in [0, 0.05) is 5.92 Å². The summed E-state index contributed by atoms with van der Waals surface area (Å²) in [6.07, 6.45) is 25.8. The minimum absolute atomic E-state index is 0.598. The van der Waals surface area contributed by atoms with Crippen LogP contribution in [-0.4, -0.2) is 0 Å². The van der Waals surface area contributed by atoms with Crippen molar-refractivity contribution < 1.29 is 0 Å². The first-order chi connectivity index (χ1) is 10.3. The van der Waals surface area contributed by atoms with Crippen LogP contribution in [0.25, 0.3) is 0 Å². The number of hydrogen-bond acceptors (Lipinski definition) is 0. The first-order valence-electron chi connectivity index (χ1n) is 9.79. The highest BCUT2D eigenvalue weighted by Gasteiger charge is 2.30. The fourth-order valence-corrected chi connectivity index (χ4v) is 4.74. The average molecular weight is 289 g/mol. The molecule has 2 saturated carbocycles. The van der Waals surface area contributed by atoms with Crippen LogP contribution in [0.3, 0.4) is 0 Å². The molecule has 120 valence electrons. The van der Waals surface area contributed by atoms with Crippen molar-refractivity contribution >= 4 is 0 Å². The van der Waals surface area contributed by atoms with Gasteiger partial charge in [0.25, 0.3) is 0 Å². The van der Waals surface area contributed by atoms with Gasteiger partial charge in [-0.15, -0.1) is 12.3 Å². The topological polar surface area (TPSA) is 0 Å². The minimum Gasteiger partial charge on any atom is -0.120 e. The van der Waals surface area contributed by atoms with Crippen molar-refractivity contribution in [3.05, 3.63) is 0 Å². The molecule has 2 aliphatic rings. The number of rotatable bonds is 7. The monoisotopic (exact) mass is 288 g/mol. The number of hydrogen-bond donors (Lipinski definition) is 0. The second-order valence-electron chi connectivity index (χ2n) is 7.76. The van der Waals surface area contributed by atoms with Gasteiger partial charge in [-0.1, -0.05) is 58.3 Å². The summed E-state index contributed by atoms with van der Waals surface area (Å²) in [5, 5.41) is 0. The SMILES string of the molecule is C#CC1CCC([C@H]2CC[C@H](CCCCCCC)CC2)CC1. The molecule has 0 aromatic carbocycles. The molecule has 2 rings (SSSR count). The molecular formula is C21H36. The highest BCUT2D eigenvalue weighted by Crippen LogP contribution is 2.42. The van der Waals surface area contributed by atoms with Gasteiger partial charge in [-0.3, -0.25) is 0 Å². The molecule has 0 atom stereocenters. The first kappa shape index (κ1) is 16.9. The summed E-state index contributed by atoms with van der Waals surface area (Å²) in [5.41, 5.74) is 0. The summed E-state index contributed by atoms with van der Waals surface area (Å²) in [6.45, 7) is 2.30. The van der Waals surface area contributed by atoms with E-state index in [1.165, 1.54) is 89.9 Å². The Hall–Kier alpha value is -0.440. The molecule has 0 N–H and O–H groups in total. The van der Waals surface area contributed by atoms with Crippen molar-refractivity contribution in [3.63, 3.8) is 0 Å². The van der Waals surface area contributed by atoms with Crippen LogP contribution in [0.1, 0.15) is 96.8 Å². The van der Waals surface area contributed by atoms with Gasteiger partial charge >= 0.3 is 0 Å². The molecule has 2 aliphatic carbocycles. The molecule has 21 heavy (non-hydrogen) atoms. The van der Waals surface area contributed by atoms with Gasteiger partial charge in [0.1, 0.15) is 0 Å². The Bertz CT molecular complexity index is 294. The van der Waals surface area contributed by atoms with E-state index < -0.39 is 0 Å². The van der Waals surface area contributed by atoms with E-state index in [0.29, 0.717) is 5.92 Å². The van der Waals surface area contributed by atoms with Crippen molar-refractivity contribution in [3.8, 4) is 12.3 Å². The average Bonchev–Trinajstić information content (AvgIpc) is 2.55. The molecule has 0 aliphatic heterocycles. The molecule has 2 fully saturated rings. The molecular weight excluding hydrogens is 252 g/mol. The lowest BCUT2D eigenvalue weighted by molar-refractivity contribution is 0.153. The van der Waals surface area contributed by atoms with Crippen molar-refractivity contribution in [2.75, 3.05) is 0 Å². The lowest BCUT2D eigenvalue weighted by Crippen LogP contribution is -2.25. The van der Waals surface area contributed by atoms with Crippen molar-refractivity contribution in [1.29, 1.82) is 0 Å². The Morgan fingerprint density at radius 3 is 1.90 bits per heavy atom. The standard InChI is InChI=1S/C21H36/c1-3-5-6-7-8-9-19-12-16-21(17-13-19)20-14-10-18(4-2)11-15-20/h2,18-21H,3,5-17H2,1H3/t18?,19-,20?,21-. The zero-order valence-electron chi connectivity index (χ0n) is 14.3. The molecule has 0 amide bonds. The van der Waals surface area contributed by atoms with Crippen LogP contribution in [0.5, 0.6) is 0 Å². The Morgan fingerprint density at radius 1 is 0.762 bits per heavy atom. The molecule has 0 spiro atoms. The van der Waals surface area contributed by atoms with Gasteiger partial charge in [0.15, 0.2) is 0 Å². The van der Waals surface area contributed by atoms with Crippen LogP contribution >= 0.6 is 0 Å². The van der Waals surface area contributed by atoms with E-state index in [1.54, 1.807) is 0 Å². The summed E-state index contributed by atoms with van der Waals surface area (Å²) in [4.78, 5) is 0. The predicted molar refractivity (Wildman–Crippen MR) is 93.1 cm³/mol. The second-order valence-corrected chi connectivity index (χ2v) is 7.76. The third kappa shape index (κ3) is 5.69. The maximum atomic E-state index is 5.57. The van der Waals surface area contributed by atoms with Crippen LogP contribution in [0, 0.1) is 36.0 Å². The van der Waals surface area contributed by atoms with Crippen molar-refractivity contribution in [1.82, 2.24) is 0 Å². The summed E-state index contributed by atoms with van der Waals surface area (Å²) >= 11 is 0. The Labute approximate surface area is 133 Å². The predicted octanol–water partition coefficient (Wildman–Crippen LogP) is 6.59. The molecule has 0 saturated heterocycles. The smallest absolute Gasteiger partial charge is 0.0200 e.